The maximum atomic E-state index is 2.47. The van der Waals surface area contributed by atoms with Crippen LogP contribution >= 0.6 is 0 Å². The van der Waals surface area contributed by atoms with E-state index in [2.05, 4.69) is 49.4 Å². The molecule has 84 valence electrons. The van der Waals surface area contributed by atoms with E-state index in [1.54, 1.807) is 0 Å². The molecular weight excluding hydrogens is 167 g/mol. The molecule has 0 aliphatic rings. The van der Waals surface area contributed by atoms with Gasteiger partial charge in [-0.1, -0.05) is 72.5 Å². The van der Waals surface area contributed by atoms with Crippen LogP contribution in [0.2, 0.25) is 5.31 Å². The molecule has 0 aromatic carbocycles. The van der Waals surface area contributed by atoms with Crippen molar-refractivity contribution in [2.75, 3.05) is 0 Å². The minimum Gasteiger partial charge on any atom is -0.0655 e. The van der Waals surface area contributed by atoms with Gasteiger partial charge in [-0.05, 0) is 11.3 Å². The summed E-state index contributed by atoms with van der Waals surface area (Å²) < 4.78 is 0. The first kappa shape index (κ1) is 14.1. The highest BCUT2D eigenvalue weighted by Gasteiger charge is 2.38. The largest absolute Gasteiger partial charge is 0.109 e. The van der Waals surface area contributed by atoms with Gasteiger partial charge >= 0.3 is 0 Å². The topological polar surface area (TPSA) is 0 Å². The zero-order valence-corrected chi connectivity index (χ0v) is 11.4. The van der Waals surface area contributed by atoms with Crippen LogP contribution in [-0.4, -0.2) is 7.85 Å². The standard InChI is InChI=1S/C13H29B/c1-7-11(12(5,6)8-2)13(14,9-3)10-4/h11H,7-10,14H2,1-6H3/t11-/m1/s1. The summed E-state index contributed by atoms with van der Waals surface area (Å²) in [5.74, 6) is 0.856. The van der Waals surface area contributed by atoms with E-state index >= 15 is 0 Å². The van der Waals surface area contributed by atoms with Crippen molar-refractivity contribution < 1.29 is 0 Å². The van der Waals surface area contributed by atoms with Gasteiger partial charge in [0.25, 0.3) is 0 Å². The number of rotatable bonds is 6. The lowest BCUT2D eigenvalue weighted by atomic mass is 9.50. The third kappa shape index (κ3) is 2.78. The van der Waals surface area contributed by atoms with Crippen LogP contribution in [0.5, 0.6) is 0 Å². The first-order valence-electron chi connectivity index (χ1n) is 6.37. The van der Waals surface area contributed by atoms with Gasteiger partial charge in [-0.3, -0.25) is 0 Å². The van der Waals surface area contributed by atoms with Crippen molar-refractivity contribution in [3.8, 4) is 0 Å². The van der Waals surface area contributed by atoms with Gasteiger partial charge in [0.05, 0.1) is 0 Å². The molecule has 1 atom stereocenters. The molecule has 0 fully saturated rings. The lowest BCUT2D eigenvalue weighted by molar-refractivity contribution is 0.132. The van der Waals surface area contributed by atoms with Gasteiger partial charge < -0.3 is 0 Å². The molecule has 0 aromatic heterocycles. The van der Waals surface area contributed by atoms with Crippen LogP contribution in [0.3, 0.4) is 0 Å². The lowest BCUT2D eigenvalue weighted by Crippen LogP contribution is -2.34. The minimum absolute atomic E-state index is 0.496. The van der Waals surface area contributed by atoms with Crippen LogP contribution in [0.25, 0.3) is 0 Å². The maximum Gasteiger partial charge on any atom is 0.109 e. The van der Waals surface area contributed by atoms with E-state index in [-0.39, 0.29) is 0 Å². The second kappa shape index (κ2) is 5.23. The van der Waals surface area contributed by atoms with Crippen LogP contribution in [0, 0.1) is 11.3 Å². The second-order valence-corrected chi connectivity index (χ2v) is 5.66. The highest BCUT2D eigenvalue weighted by molar-refractivity contribution is 6.15. The van der Waals surface area contributed by atoms with Crippen LogP contribution < -0.4 is 0 Å². The summed E-state index contributed by atoms with van der Waals surface area (Å²) in [4.78, 5) is 0. The van der Waals surface area contributed by atoms with E-state index in [1.807, 2.05) is 0 Å². The molecule has 0 saturated carbocycles. The summed E-state index contributed by atoms with van der Waals surface area (Å²) in [5.41, 5.74) is 0.496. The van der Waals surface area contributed by atoms with Crippen LogP contribution in [-0.2, 0) is 0 Å². The Morgan fingerprint density at radius 2 is 1.36 bits per heavy atom. The fourth-order valence-corrected chi connectivity index (χ4v) is 2.98. The summed E-state index contributed by atoms with van der Waals surface area (Å²) in [7, 11) is 2.47. The molecule has 0 unspecified atom stereocenters. The van der Waals surface area contributed by atoms with Crippen molar-refractivity contribution in [2.45, 2.75) is 72.5 Å². The SMILES string of the molecule is BC(CC)(CC)[C@H](CC)C(C)(C)CC. The molecule has 0 saturated heterocycles. The van der Waals surface area contributed by atoms with Gasteiger partial charge in [0.2, 0.25) is 0 Å². The van der Waals surface area contributed by atoms with Crippen molar-refractivity contribution >= 4 is 7.85 Å². The van der Waals surface area contributed by atoms with Gasteiger partial charge in [0.15, 0.2) is 0 Å². The molecule has 0 bridgehead atoms. The van der Waals surface area contributed by atoms with Crippen LogP contribution in [0.1, 0.15) is 67.2 Å². The summed E-state index contributed by atoms with van der Waals surface area (Å²) in [6.07, 6.45) is 5.23. The molecular formula is C13H29B. The summed E-state index contributed by atoms with van der Waals surface area (Å²) in [5, 5.41) is 0.536. The molecule has 0 aliphatic heterocycles. The smallest absolute Gasteiger partial charge is 0.0655 e. The van der Waals surface area contributed by atoms with E-state index in [0.29, 0.717) is 10.7 Å². The predicted octanol–water partition coefficient (Wildman–Crippen LogP) is 4.06. The van der Waals surface area contributed by atoms with Crippen molar-refractivity contribution in [3.05, 3.63) is 0 Å². The second-order valence-electron chi connectivity index (χ2n) is 5.66. The third-order valence-corrected chi connectivity index (χ3v) is 4.72. The molecule has 0 radical (unpaired) electrons. The number of hydrogen-bond acceptors (Lipinski definition) is 0. The Morgan fingerprint density at radius 3 is 1.57 bits per heavy atom. The predicted molar refractivity (Wildman–Crippen MR) is 69.7 cm³/mol. The quantitative estimate of drug-likeness (QED) is 0.562. The molecule has 0 nitrogen and oxygen atoms in total. The molecule has 14 heavy (non-hydrogen) atoms. The van der Waals surface area contributed by atoms with Crippen molar-refractivity contribution in [1.29, 1.82) is 0 Å². The van der Waals surface area contributed by atoms with Crippen molar-refractivity contribution in [1.82, 2.24) is 0 Å². The summed E-state index contributed by atoms with van der Waals surface area (Å²) in [6, 6.07) is 0. The Balaban J connectivity index is 4.86. The Hall–Kier alpha value is 0.0649. The Morgan fingerprint density at radius 1 is 0.929 bits per heavy atom. The van der Waals surface area contributed by atoms with E-state index < -0.39 is 0 Å². The molecule has 0 aliphatic carbocycles. The van der Waals surface area contributed by atoms with Crippen LogP contribution in [0.15, 0.2) is 0 Å². The molecule has 1 heteroatoms. The Bertz CT molecular complexity index is 157. The molecule has 0 N–H and O–H groups in total. The lowest BCUT2D eigenvalue weighted by Gasteiger charge is -2.46. The zero-order chi connectivity index (χ0) is 11.4. The monoisotopic (exact) mass is 196 g/mol. The Kier molecular flexibility index (Phi) is 5.26. The number of hydrogen-bond donors (Lipinski definition) is 0. The fraction of sp³-hybridized carbons (Fsp3) is 1.00. The van der Waals surface area contributed by atoms with Crippen molar-refractivity contribution in [3.63, 3.8) is 0 Å². The van der Waals surface area contributed by atoms with Gasteiger partial charge in [0, 0.05) is 0 Å². The van der Waals surface area contributed by atoms with E-state index in [0.717, 1.165) is 5.92 Å². The average molecular weight is 196 g/mol. The van der Waals surface area contributed by atoms with E-state index in [1.165, 1.54) is 25.7 Å². The van der Waals surface area contributed by atoms with E-state index in [9.17, 15) is 0 Å². The molecule has 0 spiro atoms. The molecule has 0 amide bonds. The third-order valence-electron chi connectivity index (χ3n) is 4.72. The normalized spacial score (nSPS) is 15.6. The molecule has 0 aromatic rings. The average Bonchev–Trinajstić information content (AvgIpc) is 2.18. The fourth-order valence-electron chi connectivity index (χ4n) is 2.98. The minimum atomic E-state index is 0.496. The first-order chi connectivity index (χ1) is 6.37. The molecule has 0 heterocycles. The van der Waals surface area contributed by atoms with Gasteiger partial charge in [-0.15, -0.1) is 0 Å². The zero-order valence-electron chi connectivity index (χ0n) is 11.4. The van der Waals surface area contributed by atoms with Crippen LogP contribution in [0.4, 0.5) is 0 Å². The van der Waals surface area contributed by atoms with Gasteiger partial charge in [-0.25, -0.2) is 0 Å². The molecule has 0 rings (SSSR count). The first-order valence-corrected chi connectivity index (χ1v) is 6.37. The maximum absolute atomic E-state index is 2.47. The highest BCUT2D eigenvalue weighted by Crippen LogP contribution is 2.51. The summed E-state index contributed by atoms with van der Waals surface area (Å²) in [6.45, 7) is 14.2. The van der Waals surface area contributed by atoms with Gasteiger partial charge in [-0.2, -0.15) is 0 Å². The van der Waals surface area contributed by atoms with Crippen molar-refractivity contribution in [2.24, 2.45) is 11.3 Å². The van der Waals surface area contributed by atoms with E-state index in [4.69, 9.17) is 0 Å². The Labute approximate surface area is 92.3 Å². The summed E-state index contributed by atoms with van der Waals surface area (Å²) >= 11 is 0. The van der Waals surface area contributed by atoms with Gasteiger partial charge in [0.1, 0.15) is 7.85 Å². The highest BCUT2D eigenvalue weighted by atomic mass is 14.4.